The van der Waals surface area contributed by atoms with Crippen molar-refractivity contribution >= 4 is 46.3 Å². The maximum Gasteiger partial charge on any atom is 0.343 e. The van der Waals surface area contributed by atoms with Gasteiger partial charge in [0, 0.05) is 4.88 Å². The zero-order chi connectivity index (χ0) is 28.6. The van der Waals surface area contributed by atoms with Crippen LogP contribution in [-0.2, 0) is 27.2 Å². The number of fused-ring (bicyclic) bond motifs is 1. The summed E-state index contributed by atoms with van der Waals surface area (Å²) < 4.78 is 16.0. The van der Waals surface area contributed by atoms with Crippen molar-refractivity contribution in [2.75, 3.05) is 19.0 Å². The number of rotatable bonds is 8. The van der Waals surface area contributed by atoms with E-state index in [-0.39, 0.29) is 18.1 Å². The van der Waals surface area contributed by atoms with Crippen LogP contribution < -0.4 is 20.2 Å². The summed E-state index contributed by atoms with van der Waals surface area (Å²) >= 11 is 1.29. The lowest BCUT2D eigenvalue weighted by molar-refractivity contribution is -0.136. The Morgan fingerprint density at radius 3 is 2.45 bits per heavy atom. The van der Waals surface area contributed by atoms with Crippen molar-refractivity contribution in [2.45, 2.75) is 39.5 Å². The Hall–Kier alpha value is -4.51. The molecule has 0 unspecified atom stereocenters. The van der Waals surface area contributed by atoms with E-state index in [1.807, 2.05) is 19.1 Å². The van der Waals surface area contributed by atoms with Crippen LogP contribution in [0.2, 0.25) is 0 Å². The molecule has 4 rings (SSSR count). The van der Waals surface area contributed by atoms with Crippen molar-refractivity contribution in [2.24, 2.45) is 5.10 Å². The lowest BCUT2D eigenvalue weighted by atomic mass is 9.95. The zero-order valence-electron chi connectivity index (χ0n) is 22.4. The summed E-state index contributed by atoms with van der Waals surface area (Å²) in [6.07, 6.45) is 4.79. The van der Waals surface area contributed by atoms with Gasteiger partial charge in [-0.15, -0.1) is 11.3 Å². The first-order valence-electron chi connectivity index (χ1n) is 12.7. The number of nitrogens with one attached hydrogen (secondary N) is 2. The summed E-state index contributed by atoms with van der Waals surface area (Å²) in [5.41, 5.74) is 5.32. The van der Waals surface area contributed by atoms with Crippen molar-refractivity contribution in [1.82, 2.24) is 5.43 Å². The molecule has 40 heavy (non-hydrogen) atoms. The number of aryl methyl sites for hydroxylation is 2. The van der Waals surface area contributed by atoms with Gasteiger partial charge in [-0.05, 0) is 81.0 Å². The average molecular weight is 564 g/mol. The average Bonchev–Trinajstić information content (AvgIpc) is 3.31. The van der Waals surface area contributed by atoms with E-state index in [4.69, 9.17) is 14.2 Å². The van der Waals surface area contributed by atoms with Crippen LogP contribution in [-0.4, -0.2) is 43.7 Å². The highest BCUT2D eigenvalue weighted by atomic mass is 32.1. The van der Waals surface area contributed by atoms with Gasteiger partial charge in [-0.3, -0.25) is 9.59 Å². The maximum absolute atomic E-state index is 12.6. The number of nitrogens with zero attached hydrogens (tertiary/aromatic N) is 1. The molecule has 1 heterocycles. The van der Waals surface area contributed by atoms with Crippen LogP contribution in [0.1, 0.15) is 62.0 Å². The van der Waals surface area contributed by atoms with E-state index in [9.17, 15) is 19.2 Å². The minimum absolute atomic E-state index is 0.201. The van der Waals surface area contributed by atoms with E-state index in [2.05, 4.69) is 15.8 Å². The largest absolute Gasteiger partial charge is 0.493 e. The van der Waals surface area contributed by atoms with Gasteiger partial charge in [0.05, 0.1) is 31.1 Å². The van der Waals surface area contributed by atoms with Crippen molar-refractivity contribution in [3.8, 4) is 11.5 Å². The van der Waals surface area contributed by atoms with E-state index in [0.717, 1.165) is 41.7 Å². The predicted octanol–water partition coefficient (Wildman–Crippen LogP) is 4.43. The number of esters is 2. The third-order valence-electron chi connectivity index (χ3n) is 6.14. The Labute approximate surface area is 235 Å². The molecular weight excluding hydrogens is 534 g/mol. The summed E-state index contributed by atoms with van der Waals surface area (Å²) in [4.78, 5) is 51.0. The number of carbonyl (C=O) groups excluding carboxylic acids is 4. The molecule has 0 bridgehead atoms. The molecule has 0 saturated heterocycles. The molecular formula is C29H29N3O7S. The van der Waals surface area contributed by atoms with Crippen molar-refractivity contribution < 1.29 is 33.4 Å². The van der Waals surface area contributed by atoms with Gasteiger partial charge in [0.1, 0.15) is 5.00 Å². The van der Waals surface area contributed by atoms with Crippen LogP contribution in [0.3, 0.4) is 0 Å². The van der Waals surface area contributed by atoms with Gasteiger partial charge in [-0.1, -0.05) is 17.7 Å². The normalized spacial score (nSPS) is 12.4. The summed E-state index contributed by atoms with van der Waals surface area (Å²) in [7, 11) is 1.43. The number of amides is 2. The van der Waals surface area contributed by atoms with E-state index < -0.39 is 23.8 Å². The van der Waals surface area contributed by atoms with E-state index in [1.165, 1.54) is 30.7 Å². The second-order valence-corrected chi connectivity index (χ2v) is 10.1. The standard InChI is InChI=1S/C29H29N3O7S/c1-4-38-29(36)24-20-7-5-6-8-23(20)40-27(24)31-25(33)26(34)32-30-16-18-11-14-21(22(15-18)37-3)39-28(35)19-12-9-17(2)10-13-19/h9-16H,4-8H2,1-3H3,(H,31,33)(H,32,34)/b30-16+. The predicted molar refractivity (Wildman–Crippen MR) is 150 cm³/mol. The molecule has 208 valence electrons. The van der Waals surface area contributed by atoms with Crippen molar-refractivity contribution in [3.63, 3.8) is 0 Å². The third kappa shape index (κ3) is 6.73. The number of ether oxygens (including phenoxy) is 3. The molecule has 10 nitrogen and oxygen atoms in total. The first-order valence-corrected chi connectivity index (χ1v) is 13.5. The number of hydrazone groups is 1. The quantitative estimate of drug-likeness (QED) is 0.136. The van der Waals surface area contributed by atoms with Crippen LogP contribution in [0.5, 0.6) is 11.5 Å². The van der Waals surface area contributed by atoms with E-state index in [1.54, 1.807) is 31.2 Å². The monoisotopic (exact) mass is 563 g/mol. The van der Waals surface area contributed by atoms with Gasteiger partial charge in [-0.2, -0.15) is 5.10 Å². The zero-order valence-corrected chi connectivity index (χ0v) is 23.2. The van der Waals surface area contributed by atoms with Gasteiger partial charge < -0.3 is 19.5 Å². The van der Waals surface area contributed by atoms with E-state index in [0.29, 0.717) is 21.7 Å². The second kappa shape index (κ2) is 13.0. The molecule has 0 atom stereocenters. The number of anilines is 1. The summed E-state index contributed by atoms with van der Waals surface area (Å²) in [6, 6.07) is 11.7. The Kier molecular flexibility index (Phi) is 9.28. The van der Waals surface area contributed by atoms with Crippen LogP contribution >= 0.6 is 11.3 Å². The number of hydrogen-bond acceptors (Lipinski definition) is 9. The Morgan fingerprint density at radius 2 is 1.73 bits per heavy atom. The molecule has 0 radical (unpaired) electrons. The number of carbonyl (C=O) groups is 4. The minimum atomic E-state index is -1.01. The molecule has 0 fully saturated rings. The smallest absolute Gasteiger partial charge is 0.343 e. The molecule has 11 heteroatoms. The highest BCUT2D eigenvalue weighted by Gasteiger charge is 2.28. The minimum Gasteiger partial charge on any atom is -0.493 e. The molecule has 0 saturated carbocycles. The number of hydrogen-bond donors (Lipinski definition) is 2. The van der Waals surface area contributed by atoms with Crippen molar-refractivity contribution in [1.29, 1.82) is 0 Å². The van der Waals surface area contributed by atoms with Gasteiger partial charge in [0.15, 0.2) is 11.5 Å². The van der Waals surface area contributed by atoms with Crippen LogP contribution in [0.25, 0.3) is 0 Å². The highest BCUT2D eigenvalue weighted by Crippen LogP contribution is 2.38. The number of methoxy groups -OCH3 is 1. The topological polar surface area (TPSA) is 132 Å². The Balaban J connectivity index is 1.39. The molecule has 1 aromatic heterocycles. The molecule has 2 N–H and O–H groups in total. The molecule has 0 aliphatic heterocycles. The summed E-state index contributed by atoms with van der Waals surface area (Å²) in [5, 5.41) is 6.68. The molecule has 1 aliphatic carbocycles. The summed E-state index contributed by atoms with van der Waals surface area (Å²) in [6.45, 7) is 3.83. The maximum atomic E-state index is 12.6. The fourth-order valence-corrected chi connectivity index (χ4v) is 5.42. The number of benzene rings is 2. The van der Waals surface area contributed by atoms with Gasteiger partial charge in [0.25, 0.3) is 0 Å². The lowest BCUT2D eigenvalue weighted by Gasteiger charge is -2.12. The van der Waals surface area contributed by atoms with Gasteiger partial charge in [0.2, 0.25) is 0 Å². The Morgan fingerprint density at radius 1 is 0.975 bits per heavy atom. The van der Waals surface area contributed by atoms with Crippen LogP contribution in [0, 0.1) is 6.92 Å². The van der Waals surface area contributed by atoms with Crippen molar-refractivity contribution in [3.05, 3.63) is 75.2 Å². The molecule has 0 spiro atoms. The van der Waals surface area contributed by atoms with Gasteiger partial charge in [-0.25, -0.2) is 15.0 Å². The SMILES string of the molecule is CCOC(=O)c1c(NC(=O)C(=O)N/N=C/c2ccc(OC(=O)c3ccc(C)cc3)c(OC)c2)sc2c1CCCC2. The fraction of sp³-hybridized carbons (Fsp3) is 0.276. The van der Waals surface area contributed by atoms with Crippen LogP contribution in [0.15, 0.2) is 47.6 Å². The molecule has 2 aromatic carbocycles. The molecule has 2 amide bonds. The third-order valence-corrected chi connectivity index (χ3v) is 7.35. The second-order valence-electron chi connectivity index (χ2n) is 8.95. The highest BCUT2D eigenvalue weighted by molar-refractivity contribution is 7.17. The number of thiophene rings is 1. The first kappa shape index (κ1) is 28.5. The lowest BCUT2D eigenvalue weighted by Crippen LogP contribution is -2.32. The Bertz CT molecular complexity index is 1460. The fourth-order valence-electron chi connectivity index (χ4n) is 4.15. The van der Waals surface area contributed by atoms with E-state index >= 15 is 0 Å². The molecule has 3 aromatic rings. The van der Waals surface area contributed by atoms with Crippen LogP contribution in [0.4, 0.5) is 5.00 Å². The first-order chi connectivity index (χ1) is 19.3. The summed E-state index contributed by atoms with van der Waals surface area (Å²) in [5.74, 6) is -2.52. The molecule has 1 aliphatic rings. The van der Waals surface area contributed by atoms with Gasteiger partial charge >= 0.3 is 23.8 Å².